The van der Waals surface area contributed by atoms with Crippen LogP contribution in [0.25, 0.3) is 0 Å². The summed E-state index contributed by atoms with van der Waals surface area (Å²) < 4.78 is 13.6. The van der Waals surface area contributed by atoms with Gasteiger partial charge in [0.1, 0.15) is 5.82 Å². The van der Waals surface area contributed by atoms with E-state index < -0.39 is 5.60 Å². The molecular formula is C13H16ClFO. The Morgan fingerprint density at radius 1 is 1.56 bits per heavy atom. The highest BCUT2D eigenvalue weighted by Gasteiger charge is 2.39. The van der Waals surface area contributed by atoms with Gasteiger partial charge in [0.25, 0.3) is 0 Å². The molecule has 16 heavy (non-hydrogen) atoms. The van der Waals surface area contributed by atoms with Gasteiger partial charge in [-0.05, 0) is 30.9 Å². The molecule has 2 rings (SSSR count). The van der Waals surface area contributed by atoms with Gasteiger partial charge in [0.15, 0.2) is 0 Å². The molecule has 0 heterocycles. The van der Waals surface area contributed by atoms with E-state index in [-0.39, 0.29) is 11.7 Å². The van der Waals surface area contributed by atoms with E-state index in [1.165, 1.54) is 6.07 Å². The molecule has 1 fully saturated rings. The van der Waals surface area contributed by atoms with Gasteiger partial charge in [0.2, 0.25) is 0 Å². The van der Waals surface area contributed by atoms with Crippen molar-refractivity contribution in [3.05, 3.63) is 34.6 Å². The zero-order valence-corrected chi connectivity index (χ0v) is 10.1. The van der Waals surface area contributed by atoms with E-state index in [4.69, 9.17) is 11.6 Å². The highest BCUT2D eigenvalue weighted by Crippen LogP contribution is 2.39. The summed E-state index contributed by atoms with van der Waals surface area (Å²) in [6, 6.07) is 4.65. The fourth-order valence-electron chi connectivity index (χ4n) is 2.50. The van der Waals surface area contributed by atoms with E-state index in [2.05, 4.69) is 0 Å². The Labute approximate surface area is 100 Å². The monoisotopic (exact) mass is 242 g/mol. The Morgan fingerprint density at radius 3 is 2.88 bits per heavy atom. The quantitative estimate of drug-likeness (QED) is 0.841. The van der Waals surface area contributed by atoms with Crippen molar-refractivity contribution in [2.75, 3.05) is 0 Å². The van der Waals surface area contributed by atoms with E-state index in [9.17, 15) is 9.50 Å². The van der Waals surface area contributed by atoms with E-state index >= 15 is 0 Å². The SMILES string of the molecule is CC1CCCC1(O)Cc1c(F)cccc1Cl. The second kappa shape index (κ2) is 4.34. The van der Waals surface area contributed by atoms with Crippen LogP contribution in [0.4, 0.5) is 4.39 Å². The Morgan fingerprint density at radius 2 is 2.31 bits per heavy atom. The van der Waals surface area contributed by atoms with Crippen LogP contribution in [0.15, 0.2) is 18.2 Å². The second-order valence-electron chi connectivity index (χ2n) is 4.77. The van der Waals surface area contributed by atoms with Crippen molar-refractivity contribution in [3.63, 3.8) is 0 Å². The molecule has 1 aromatic carbocycles. The molecule has 1 N–H and O–H groups in total. The zero-order valence-electron chi connectivity index (χ0n) is 9.34. The minimum atomic E-state index is -0.786. The molecule has 1 aliphatic carbocycles. The predicted molar refractivity (Wildman–Crippen MR) is 63.1 cm³/mol. The summed E-state index contributed by atoms with van der Waals surface area (Å²) in [5.74, 6) is -0.108. The van der Waals surface area contributed by atoms with Crippen LogP contribution in [0.3, 0.4) is 0 Å². The van der Waals surface area contributed by atoms with Crippen molar-refractivity contribution in [2.24, 2.45) is 5.92 Å². The summed E-state index contributed by atoms with van der Waals surface area (Å²) in [5, 5.41) is 10.8. The third-order valence-electron chi connectivity index (χ3n) is 3.71. The van der Waals surface area contributed by atoms with Gasteiger partial charge in [0, 0.05) is 17.0 Å². The molecular weight excluding hydrogens is 227 g/mol. The lowest BCUT2D eigenvalue weighted by molar-refractivity contribution is 0.00888. The number of benzene rings is 1. The molecule has 88 valence electrons. The maximum absolute atomic E-state index is 13.6. The first-order valence-corrected chi connectivity index (χ1v) is 6.06. The van der Waals surface area contributed by atoms with E-state index in [0.29, 0.717) is 17.0 Å². The number of rotatable bonds is 2. The van der Waals surface area contributed by atoms with Gasteiger partial charge in [-0.1, -0.05) is 31.0 Å². The normalized spacial score (nSPS) is 29.6. The molecule has 0 radical (unpaired) electrons. The molecule has 1 aromatic rings. The van der Waals surface area contributed by atoms with Crippen LogP contribution in [0.5, 0.6) is 0 Å². The van der Waals surface area contributed by atoms with Crippen LogP contribution in [0.2, 0.25) is 5.02 Å². The van der Waals surface area contributed by atoms with E-state index in [1.807, 2.05) is 6.92 Å². The average molecular weight is 243 g/mol. The lowest BCUT2D eigenvalue weighted by Gasteiger charge is -2.28. The molecule has 2 unspecified atom stereocenters. The summed E-state index contributed by atoms with van der Waals surface area (Å²) in [6.07, 6.45) is 3.06. The molecule has 0 amide bonds. The van der Waals surface area contributed by atoms with Gasteiger partial charge in [-0.15, -0.1) is 0 Å². The van der Waals surface area contributed by atoms with Crippen LogP contribution in [-0.4, -0.2) is 10.7 Å². The molecule has 0 bridgehead atoms. The van der Waals surface area contributed by atoms with Crippen molar-refractivity contribution in [1.29, 1.82) is 0 Å². The van der Waals surface area contributed by atoms with Crippen LogP contribution < -0.4 is 0 Å². The fraction of sp³-hybridized carbons (Fsp3) is 0.538. The lowest BCUT2D eigenvalue weighted by Crippen LogP contribution is -2.34. The van der Waals surface area contributed by atoms with Crippen molar-refractivity contribution in [1.82, 2.24) is 0 Å². The minimum absolute atomic E-state index is 0.211. The number of hydrogen-bond donors (Lipinski definition) is 1. The van der Waals surface area contributed by atoms with Gasteiger partial charge in [-0.3, -0.25) is 0 Å². The molecule has 3 heteroatoms. The highest BCUT2D eigenvalue weighted by molar-refractivity contribution is 6.31. The summed E-state index contributed by atoms with van der Waals surface area (Å²) in [6.45, 7) is 2.02. The average Bonchev–Trinajstić information content (AvgIpc) is 2.54. The molecule has 2 atom stereocenters. The summed E-state index contributed by atoms with van der Waals surface area (Å²) in [4.78, 5) is 0. The lowest BCUT2D eigenvalue weighted by atomic mass is 9.86. The molecule has 0 saturated heterocycles. The summed E-state index contributed by atoms with van der Waals surface area (Å²) in [5.41, 5.74) is -0.341. The Bertz CT molecular complexity index is 373. The molecule has 1 aliphatic rings. The van der Waals surface area contributed by atoms with Crippen molar-refractivity contribution < 1.29 is 9.50 Å². The molecule has 1 nitrogen and oxygen atoms in total. The fourth-order valence-corrected chi connectivity index (χ4v) is 2.73. The first-order valence-electron chi connectivity index (χ1n) is 5.68. The highest BCUT2D eigenvalue weighted by atomic mass is 35.5. The van der Waals surface area contributed by atoms with Crippen molar-refractivity contribution in [2.45, 2.75) is 38.2 Å². The van der Waals surface area contributed by atoms with Crippen LogP contribution in [0, 0.1) is 11.7 Å². The topological polar surface area (TPSA) is 20.2 Å². The summed E-state index contributed by atoms with van der Waals surface area (Å²) in [7, 11) is 0. The third-order valence-corrected chi connectivity index (χ3v) is 4.06. The van der Waals surface area contributed by atoms with Gasteiger partial charge in [-0.2, -0.15) is 0 Å². The maximum Gasteiger partial charge on any atom is 0.127 e. The third kappa shape index (κ3) is 2.09. The van der Waals surface area contributed by atoms with Crippen molar-refractivity contribution in [3.8, 4) is 0 Å². The van der Waals surface area contributed by atoms with Crippen molar-refractivity contribution >= 4 is 11.6 Å². The molecule has 1 saturated carbocycles. The molecule has 0 spiro atoms. The van der Waals surface area contributed by atoms with Crippen LogP contribution in [0.1, 0.15) is 31.7 Å². The number of hydrogen-bond acceptors (Lipinski definition) is 1. The largest absolute Gasteiger partial charge is 0.389 e. The smallest absolute Gasteiger partial charge is 0.127 e. The van der Waals surface area contributed by atoms with Crippen LogP contribution in [-0.2, 0) is 6.42 Å². The Hall–Kier alpha value is -0.600. The first-order chi connectivity index (χ1) is 7.53. The molecule has 0 aliphatic heterocycles. The van der Waals surface area contributed by atoms with E-state index in [0.717, 1.165) is 19.3 Å². The zero-order chi connectivity index (χ0) is 11.8. The van der Waals surface area contributed by atoms with Gasteiger partial charge < -0.3 is 5.11 Å². The number of aliphatic hydroxyl groups is 1. The Balaban J connectivity index is 2.27. The minimum Gasteiger partial charge on any atom is -0.389 e. The summed E-state index contributed by atoms with van der Waals surface area (Å²) >= 11 is 5.97. The van der Waals surface area contributed by atoms with E-state index in [1.54, 1.807) is 12.1 Å². The van der Waals surface area contributed by atoms with Gasteiger partial charge >= 0.3 is 0 Å². The maximum atomic E-state index is 13.6. The van der Waals surface area contributed by atoms with Crippen LogP contribution >= 0.6 is 11.6 Å². The predicted octanol–water partition coefficient (Wildman–Crippen LogP) is 3.57. The molecule has 0 aromatic heterocycles. The standard InChI is InChI=1S/C13H16ClFO/c1-9-4-3-7-13(9,16)8-10-11(14)5-2-6-12(10)15/h2,5-6,9,16H,3-4,7-8H2,1H3. The Kier molecular flexibility index (Phi) is 3.22. The first kappa shape index (κ1) is 11.9. The van der Waals surface area contributed by atoms with Gasteiger partial charge in [-0.25, -0.2) is 4.39 Å². The number of halogens is 2. The van der Waals surface area contributed by atoms with Gasteiger partial charge in [0.05, 0.1) is 5.60 Å². The second-order valence-corrected chi connectivity index (χ2v) is 5.18.